The number of anilines is 2. The van der Waals surface area contributed by atoms with Crippen molar-refractivity contribution in [2.24, 2.45) is 0 Å². The molecule has 0 aliphatic carbocycles. The molecule has 1 unspecified atom stereocenters. The summed E-state index contributed by atoms with van der Waals surface area (Å²) in [5, 5.41) is 3.62. The summed E-state index contributed by atoms with van der Waals surface area (Å²) in [5.74, 6) is 0. The van der Waals surface area contributed by atoms with Crippen molar-refractivity contribution in [2.45, 2.75) is 33.7 Å². The maximum absolute atomic E-state index is 3.62. The average Bonchev–Trinajstić information content (AvgIpc) is 2.43. The Hall–Kier alpha value is -1.96. The third-order valence-electron chi connectivity index (χ3n) is 3.98. The Labute approximate surface area is 128 Å². The summed E-state index contributed by atoms with van der Waals surface area (Å²) in [7, 11) is 4.17. The van der Waals surface area contributed by atoms with Crippen LogP contribution in [0, 0.1) is 20.8 Å². The highest BCUT2D eigenvalue weighted by molar-refractivity contribution is 5.62. The Morgan fingerprint density at radius 3 is 2.24 bits per heavy atom. The van der Waals surface area contributed by atoms with Crippen molar-refractivity contribution in [1.29, 1.82) is 0 Å². The van der Waals surface area contributed by atoms with Crippen LogP contribution in [-0.2, 0) is 0 Å². The second-order valence-corrected chi connectivity index (χ2v) is 6.12. The SMILES string of the molecule is Cc1ccc(C)c(C(C)Nc2ccc(C)c(N(C)C)c2)c1. The molecule has 1 atom stereocenters. The molecule has 2 aromatic carbocycles. The second kappa shape index (κ2) is 6.21. The van der Waals surface area contributed by atoms with E-state index in [-0.39, 0.29) is 0 Å². The minimum atomic E-state index is 0.294. The molecule has 2 aromatic rings. The zero-order valence-electron chi connectivity index (χ0n) is 14.0. The molecule has 0 spiro atoms. The van der Waals surface area contributed by atoms with Gasteiger partial charge < -0.3 is 10.2 Å². The lowest BCUT2D eigenvalue weighted by Crippen LogP contribution is -2.12. The predicted molar refractivity (Wildman–Crippen MR) is 93.5 cm³/mol. The van der Waals surface area contributed by atoms with Crippen LogP contribution >= 0.6 is 0 Å². The average molecular weight is 282 g/mol. The van der Waals surface area contributed by atoms with Crippen LogP contribution < -0.4 is 10.2 Å². The predicted octanol–water partition coefficient (Wildman–Crippen LogP) is 4.85. The molecular formula is C19H26N2. The minimum absolute atomic E-state index is 0.294. The Balaban J connectivity index is 2.25. The van der Waals surface area contributed by atoms with E-state index in [1.807, 2.05) is 0 Å². The number of nitrogens with one attached hydrogen (secondary N) is 1. The van der Waals surface area contributed by atoms with E-state index in [9.17, 15) is 0 Å². The highest BCUT2D eigenvalue weighted by Gasteiger charge is 2.10. The monoisotopic (exact) mass is 282 g/mol. The Morgan fingerprint density at radius 2 is 1.57 bits per heavy atom. The molecule has 0 amide bonds. The molecule has 0 radical (unpaired) electrons. The van der Waals surface area contributed by atoms with Crippen molar-refractivity contribution in [1.82, 2.24) is 0 Å². The maximum Gasteiger partial charge on any atom is 0.0488 e. The first-order valence-corrected chi connectivity index (χ1v) is 7.50. The molecule has 2 heteroatoms. The third-order valence-corrected chi connectivity index (χ3v) is 3.98. The first kappa shape index (κ1) is 15.4. The van der Waals surface area contributed by atoms with Gasteiger partial charge in [0.2, 0.25) is 0 Å². The first-order chi connectivity index (χ1) is 9.88. The molecule has 2 nitrogen and oxygen atoms in total. The summed E-state index contributed by atoms with van der Waals surface area (Å²) >= 11 is 0. The fourth-order valence-corrected chi connectivity index (χ4v) is 2.74. The van der Waals surface area contributed by atoms with Gasteiger partial charge in [-0.25, -0.2) is 0 Å². The Bertz CT molecular complexity index is 629. The lowest BCUT2D eigenvalue weighted by molar-refractivity contribution is 0.871. The molecule has 0 heterocycles. The van der Waals surface area contributed by atoms with E-state index in [1.165, 1.54) is 27.9 Å². The van der Waals surface area contributed by atoms with Gasteiger partial charge in [-0.2, -0.15) is 0 Å². The number of aryl methyl sites for hydroxylation is 3. The molecule has 112 valence electrons. The zero-order chi connectivity index (χ0) is 15.6. The number of nitrogens with zero attached hydrogens (tertiary/aromatic N) is 1. The van der Waals surface area contributed by atoms with Crippen LogP contribution in [0.3, 0.4) is 0 Å². The van der Waals surface area contributed by atoms with E-state index in [2.05, 4.69) is 88.4 Å². The van der Waals surface area contributed by atoms with Crippen LogP contribution in [-0.4, -0.2) is 14.1 Å². The summed E-state index contributed by atoms with van der Waals surface area (Å²) in [6, 6.07) is 13.5. The van der Waals surface area contributed by atoms with Gasteiger partial charge in [-0.1, -0.05) is 29.8 Å². The summed E-state index contributed by atoms with van der Waals surface area (Å²) in [6.45, 7) is 8.68. The second-order valence-electron chi connectivity index (χ2n) is 6.12. The van der Waals surface area contributed by atoms with Crippen LogP contribution in [0.1, 0.15) is 35.2 Å². The molecule has 0 bridgehead atoms. The lowest BCUT2D eigenvalue weighted by atomic mass is 9.99. The number of hydrogen-bond donors (Lipinski definition) is 1. The summed E-state index contributed by atoms with van der Waals surface area (Å²) in [6.07, 6.45) is 0. The van der Waals surface area contributed by atoms with Gasteiger partial charge in [0.15, 0.2) is 0 Å². The van der Waals surface area contributed by atoms with Crippen molar-refractivity contribution >= 4 is 11.4 Å². The van der Waals surface area contributed by atoms with Crippen molar-refractivity contribution < 1.29 is 0 Å². The van der Waals surface area contributed by atoms with E-state index < -0.39 is 0 Å². The highest BCUT2D eigenvalue weighted by Crippen LogP contribution is 2.27. The quantitative estimate of drug-likeness (QED) is 0.862. The minimum Gasteiger partial charge on any atom is -0.378 e. The smallest absolute Gasteiger partial charge is 0.0488 e. The van der Waals surface area contributed by atoms with Crippen LogP contribution in [0.2, 0.25) is 0 Å². The molecule has 0 aliphatic heterocycles. The van der Waals surface area contributed by atoms with E-state index in [0.717, 1.165) is 5.69 Å². The summed E-state index contributed by atoms with van der Waals surface area (Å²) < 4.78 is 0. The molecule has 0 aliphatic rings. The number of hydrogen-bond acceptors (Lipinski definition) is 2. The van der Waals surface area contributed by atoms with Gasteiger partial charge in [0.1, 0.15) is 0 Å². The van der Waals surface area contributed by atoms with E-state index >= 15 is 0 Å². The molecule has 0 saturated carbocycles. The van der Waals surface area contributed by atoms with Crippen molar-refractivity contribution in [3.8, 4) is 0 Å². The molecule has 0 fully saturated rings. The van der Waals surface area contributed by atoms with Crippen LogP contribution in [0.15, 0.2) is 36.4 Å². The molecular weight excluding hydrogens is 256 g/mol. The van der Waals surface area contributed by atoms with E-state index in [4.69, 9.17) is 0 Å². The highest BCUT2D eigenvalue weighted by atomic mass is 15.1. The maximum atomic E-state index is 3.62. The Kier molecular flexibility index (Phi) is 4.56. The largest absolute Gasteiger partial charge is 0.378 e. The number of benzene rings is 2. The third kappa shape index (κ3) is 3.57. The van der Waals surface area contributed by atoms with Crippen LogP contribution in [0.4, 0.5) is 11.4 Å². The number of rotatable bonds is 4. The first-order valence-electron chi connectivity index (χ1n) is 7.50. The molecule has 1 N–H and O–H groups in total. The van der Waals surface area contributed by atoms with Crippen molar-refractivity contribution in [3.63, 3.8) is 0 Å². The molecule has 0 saturated heterocycles. The Morgan fingerprint density at radius 1 is 0.905 bits per heavy atom. The zero-order valence-corrected chi connectivity index (χ0v) is 14.0. The van der Waals surface area contributed by atoms with Crippen LogP contribution in [0.25, 0.3) is 0 Å². The lowest BCUT2D eigenvalue weighted by Gasteiger charge is -2.21. The van der Waals surface area contributed by atoms with Gasteiger partial charge in [-0.3, -0.25) is 0 Å². The summed E-state index contributed by atoms with van der Waals surface area (Å²) in [4.78, 5) is 2.16. The molecule has 0 aromatic heterocycles. The van der Waals surface area contributed by atoms with Gasteiger partial charge in [-0.15, -0.1) is 0 Å². The van der Waals surface area contributed by atoms with E-state index in [0.29, 0.717) is 6.04 Å². The van der Waals surface area contributed by atoms with Gasteiger partial charge in [-0.05, 0) is 56.5 Å². The van der Waals surface area contributed by atoms with E-state index in [1.54, 1.807) is 0 Å². The fraction of sp³-hybridized carbons (Fsp3) is 0.368. The topological polar surface area (TPSA) is 15.3 Å². The normalized spacial score (nSPS) is 12.1. The molecule has 21 heavy (non-hydrogen) atoms. The fourth-order valence-electron chi connectivity index (χ4n) is 2.74. The molecule has 2 rings (SSSR count). The van der Waals surface area contributed by atoms with Crippen molar-refractivity contribution in [2.75, 3.05) is 24.3 Å². The van der Waals surface area contributed by atoms with Gasteiger partial charge in [0, 0.05) is 31.5 Å². The van der Waals surface area contributed by atoms with Crippen LogP contribution in [0.5, 0.6) is 0 Å². The van der Waals surface area contributed by atoms with Gasteiger partial charge in [0.05, 0.1) is 0 Å². The summed E-state index contributed by atoms with van der Waals surface area (Å²) in [5.41, 5.74) is 7.72. The standard InChI is InChI=1S/C19H26N2/c1-13-7-8-14(2)18(11-13)16(4)20-17-10-9-15(3)19(12-17)21(5)6/h7-12,16,20H,1-6H3. The van der Waals surface area contributed by atoms with Gasteiger partial charge >= 0.3 is 0 Å². The van der Waals surface area contributed by atoms with Gasteiger partial charge in [0.25, 0.3) is 0 Å². The van der Waals surface area contributed by atoms with Crippen molar-refractivity contribution in [3.05, 3.63) is 58.7 Å².